The van der Waals surface area contributed by atoms with E-state index in [0.29, 0.717) is 5.56 Å². The lowest BCUT2D eigenvalue weighted by Gasteiger charge is -2.35. The average Bonchev–Trinajstić information content (AvgIpc) is 3.03. The van der Waals surface area contributed by atoms with Gasteiger partial charge in [0.05, 0.1) is 37.6 Å². The molecule has 0 heterocycles. The second kappa shape index (κ2) is 19.0. The molecule has 4 atom stereocenters. The van der Waals surface area contributed by atoms with Crippen molar-refractivity contribution >= 4 is 29.7 Å². The molecule has 0 unspecified atom stereocenters. The summed E-state index contributed by atoms with van der Waals surface area (Å²) >= 11 is 0. The van der Waals surface area contributed by atoms with Gasteiger partial charge in [0.25, 0.3) is 5.91 Å². The number of benzene rings is 2. The van der Waals surface area contributed by atoms with E-state index in [-0.39, 0.29) is 49.5 Å². The van der Waals surface area contributed by atoms with Crippen molar-refractivity contribution in [3.05, 3.63) is 66.2 Å². The van der Waals surface area contributed by atoms with Crippen molar-refractivity contribution in [2.45, 2.75) is 72.2 Å². The van der Waals surface area contributed by atoms with E-state index in [1.165, 1.54) is 23.2 Å². The van der Waals surface area contributed by atoms with Gasteiger partial charge in [-0.2, -0.15) is 0 Å². The van der Waals surface area contributed by atoms with Crippen molar-refractivity contribution in [1.82, 2.24) is 26.4 Å². The molecule has 0 aromatic heterocycles. The molecule has 0 saturated carbocycles. The van der Waals surface area contributed by atoms with E-state index in [1.807, 2.05) is 30.3 Å². The van der Waals surface area contributed by atoms with Crippen LogP contribution in [0.25, 0.3) is 5.70 Å². The Balaban J connectivity index is 2.47. The number of nitrogens with zero attached hydrogens (tertiary/aromatic N) is 1. The third-order valence-electron chi connectivity index (χ3n) is 7.34. The van der Waals surface area contributed by atoms with Crippen LogP contribution in [0.3, 0.4) is 0 Å². The first-order valence-electron chi connectivity index (χ1n) is 15.9. The molecule has 14 nitrogen and oxygen atoms in total. The standard InChI is InChI=1S/C34H49N5O9/c1-8-47-33(45)36-29(20(3)4)31(43)35-25(17-23-13-11-10-12-14-23)28(42)19-39(22(7)24-15-16-26(40)27(41)18-24)38-32(44)30(21(5)6)37-34(46)48-9-2/h10-16,18,20-21,25,28-30,40-42H,7-9,17,19H2,1-6H3,(H,35,43)(H,36,45)(H,37,46)(H,38,44)/t25-,28-,29-,30-/m0/s1. The molecule has 14 heteroatoms. The van der Waals surface area contributed by atoms with Crippen molar-refractivity contribution < 1.29 is 44.0 Å². The lowest BCUT2D eigenvalue weighted by Crippen LogP contribution is -2.59. The Bertz CT molecular complexity index is 1390. The quantitative estimate of drug-likeness (QED) is 0.0969. The van der Waals surface area contributed by atoms with E-state index < -0.39 is 54.0 Å². The Morgan fingerprint density at radius 3 is 1.83 bits per heavy atom. The van der Waals surface area contributed by atoms with E-state index in [4.69, 9.17) is 9.47 Å². The maximum atomic E-state index is 13.6. The highest BCUT2D eigenvalue weighted by atomic mass is 16.6. The van der Waals surface area contributed by atoms with Crippen molar-refractivity contribution in [2.24, 2.45) is 11.8 Å². The highest BCUT2D eigenvalue weighted by Gasteiger charge is 2.32. The molecule has 0 spiro atoms. The molecule has 7 N–H and O–H groups in total. The number of alkyl carbamates (subject to hydrolysis) is 2. The molecule has 264 valence electrons. The second-order valence-corrected chi connectivity index (χ2v) is 11.8. The summed E-state index contributed by atoms with van der Waals surface area (Å²) in [6, 6.07) is 10.1. The predicted molar refractivity (Wildman–Crippen MR) is 179 cm³/mol. The summed E-state index contributed by atoms with van der Waals surface area (Å²) in [5, 5.41) is 40.9. The summed E-state index contributed by atoms with van der Waals surface area (Å²) in [6.45, 7) is 14.2. The van der Waals surface area contributed by atoms with Crippen LogP contribution in [-0.2, 0) is 25.5 Å². The van der Waals surface area contributed by atoms with Crippen LogP contribution < -0.4 is 21.4 Å². The fourth-order valence-electron chi connectivity index (χ4n) is 4.69. The van der Waals surface area contributed by atoms with Gasteiger partial charge in [0.1, 0.15) is 12.1 Å². The number of hydrogen-bond acceptors (Lipinski definition) is 10. The molecule has 0 aliphatic heterocycles. The summed E-state index contributed by atoms with van der Waals surface area (Å²) in [6.07, 6.45) is -2.74. The Hall–Kier alpha value is -4.98. The van der Waals surface area contributed by atoms with E-state index in [1.54, 1.807) is 41.5 Å². The van der Waals surface area contributed by atoms with Gasteiger partial charge in [-0.3, -0.25) is 20.0 Å². The summed E-state index contributed by atoms with van der Waals surface area (Å²) in [7, 11) is 0. The van der Waals surface area contributed by atoms with Crippen LogP contribution in [0.15, 0.2) is 55.1 Å². The highest BCUT2D eigenvalue weighted by molar-refractivity contribution is 5.87. The van der Waals surface area contributed by atoms with Gasteiger partial charge in [0.15, 0.2) is 11.5 Å². The van der Waals surface area contributed by atoms with Gasteiger partial charge in [0, 0.05) is 5.56 Å². The molecule has 0 radical (unpaired) electrons. The second-order valence-electron chi connectivity index (χ2n) is 11.8. The largest absolute Gasteiger partial charge is 0.504 e. The molecular weight excluding hydrogens is 622 g/mol. The van der Waals surface area contributed by atoms with Gasteiger partial charge in [-0.05, 0) is 55.9 Å². The SMILES string of the molecule is C=C(c1ccc(O)c(O)c1)N(C[C@H](O)[C@H](Cc1ccccc1)NC(=O)[C@@H](NC(=O)OCC)C(C)C)NC(=O)[C@@H](NC(=O)OCC)C(C)C. The third kappa shape index (κ3) is 12.0. The van der Waals surface area contributed by atoms with Gasteiger partial charge in [0.2, 0.25) is 5.91 Å². The molecule has 4 amide bonds. The average molecular weight is 672 g/mol. The first-order valence-corrected chi connectivity index (χ1v) is 15.9. The monoisotopic (exact) mass is 671 g/mol. The summed E-state index contributed by atoms with van der Waals surface area (Å²) in [5.74, 6) is -2.74. The Labute approximate surface area is 281 Å². The highest BCUT2D eigenvalue weighted by Crippen LogP contribution is 2.29. The van der Waals surface area contributed by atoms with Crippen LogP contribution in [0.2, 0.25) is 0 Å². The fourth-order valence-corrected chi connectivity index (χ4v) is 4.69. The number of nitrogens with one attached hydrogen (secondary N) is 4. The fraction of sp³-hybridized carbons (Fsp3) is 0.471. The molecular formula is C34H49N5O9. The van der Waals surface area contributed by atoms with Crippen molar-refractivity contribution in [2.75, 3.05) is 19.8 Å². The number of rotatable bonds is 17. The maximum absolute atomic E-state index is 13.6. The Morgan fingerprint density at radius 1 is 0.792 bits per heavy atom. The van der Waals surface area contributed by atoms with Crippen LogP contribution in [0.1, 0.15) is 52.7 Å². The van der Waals surface area contributed by atoms with Crippen molar-refractivity contribution in [3.63, 3.8) is 0 Å². The number of hydrazine groups is 1. The third-order valence-corrected chi connectivity index (χ3v) is 7.34. The van der Waals surface area contributed by atoms with Gasteiger partial charge in [-0.1, -0.05) is 64.6 Å². The van der Waals surface area contributed by atoms with Crippen molar-refractivity contribution in [3.8, 4) is 11.5 Å². The minimum atomic E-state index is -1.36. The molecule has 2 aromatic rings. The minimum absolute atomic E-state index is 0.0965. The molecule has 2 rings (SSSR count). The van der Waals surface area contributed by atoms with Crippen molar-refractivity contribution in [1.29, 1.82) is 0 Å². The number of phenolic OH excluding ortho intramolecular Hbond substituents is 2. The number of aliphatic hydroxyl groups excluding tert-OH is 1. The normalized spacial score (nSPS) is 13.4. The predicted octanol–water partition coefficient (Wildman–Crippen LogP) is 3.03. The number of ether oxygens (including phenoxy) is 2. The molecule has 48 heavy (non-hydrogen) atoms. The lowest BCUT2D eigenvalue weighted by molar-refractivity contribution is -0.129. The van der Waals surface area contributed by atoms with Crippen LogP contribution in [-0.4, -0.2) is 88.3 Å². The zero-order valence-electron chi connectivity index (χ0n) is 28.4. The number of aliphatic hydroxyl groups is 1. The molecule has 2 aromatic carbocycles. The first-order chi connectivity index (χ1) is 22.7. The number of hydrogen-bond donors (Lipinski definition) is 7. The zero-order chi connectivity index (χ0) is 36.0. The van der Waals surface area contributed by atoms with Gasteiger partial charge in [-0.25, -0.2) is 9.59 Å². The van der Waals surface area contributed by atoms with E-state index >= 15 is 0 Å². The molecule has 0 saturated heterocycles. The molecule has 0 aliphatic rings. The van der Waals surface area contributed by atoms with Crippen LogP contribution in [0, 0.1) is 11.8 Å². The number of phenols is 2. The van der Waals surface area contributed by atoms with Gasteiger partial charge in [-0.15, -0.1) is 0 Å². The van der Waals surface area contributed by atoms with E-state index in [0.717, 1.165) is 5.56 Å². The first kappa shape index (κ1) is 39.2. The lowest BCUT2D eigenvalue weighted by atomic mass is 9.98. The maximum Gasteiger partial charge on any atom is 0.407 e. The van der Waals surface area contributed by atoms with Crippen LogP contribution in [0.5, 0.6) is 11.5 Å². The number of carbonyl (C=O) groups is 4. The number of amides is 4. The summed E-state index contributed by atoms with van der Waals surface area (Å²) < 4.78 is 9.92. The van der Waals surface area contributed by atoms with Gasteiger partial charge < -0.3 is 40.7 Å². The molecule has 0 fully saturated rings. The summed E-state index contributed by atoms with van der Waals surface area (Å²) in [5.41, 5.74) is 3.89. The molecule has 0 bridgehead atoms. The minimum Gasteiger partial charge on any atom is -0.504 e. The van der Waals surface area contributed by atoms with Crippen LogP contribution >= 0.6 is 0 Å². The number of carbonyl (C=O) groups excluding carboxylic acids is 4. The zero-order valence-corrected chi connectivity index (χ0v) is 28.4. The van der Waals surface area contributed by atoms with E-state index in [9.17, 15) is 34.5 Å². The van der Waals surface area contributed by atoms with Crippen LogP contribution in [0.4, 0.5) is 9.59 Å². The number of aromatic hydroxyl groups is 2. The Kier molecular flexibility index (Phi) is 15.5. The summed E-state index contributed by atoms with van der Waals surface area (Å²) in [4.78, 5) is 51.5. The van der Waals surface area contributed by atoms with E-state index in [2.05, 4.69) is 28.0 Å². The Morgan fingerprint density at radius 2 is 1.33 bits per heavy atom. The molecule has 0 aliphatic carbocycles. The smallest absolute Gasteiger partial charge is 0.407 e. The van der Waals surface area contributed by atoms with Gasteiger partial charge >= 0.3 is 12.2 Å². The topological polar surface area (TPSA) is 199 Å².